The number of hydrogen-bond donors (Lipinski definition) is 1. The van der Waals surface area contributed by atoms with Gasteiger partial charge in [-0.25, -0.2) is 0 Å². The quantitative estimate of drug-likeness (QED) is 0.670. The van der Waals surface area contributed by atoms with E-state index in [1.807, 2.05) is 42.5 Å². The fraction of sp³-hybridized carbons (Fsp3) is 0.385. The van der Waals surface area contributed by atoms with Crippen LogP contribution in [-0.4, -0.2) is 41.3 Å². The van der Waals surface area contributed by atoms with Gasteiger partial charge in [0.1, 0.15) is 6.54 Å². The van der Waals surface area contributed by atoms with Crippen LogP contribution in [0.15, 0.2) is 47.4 Å². The van der Waals surface area contributed by atoms with Crippen LogP contribution in [0.4, 0.5) is 0 Å². The molecule has 2 unspecified atom stereocenters. The van der Waals surface area contributed by atoms with Gasteiger partial charge in [-0.3, -0.25) is 9.59 Å². The summed E-state index contributed by atoms with van der Waals surface area (Å²) in [6.07, 6.45) is 6.29. The summed E-state index contributed by atoms with van der Waals surface area (Å²) in [5, 5.41) is 3.31. The molecule has 1 N–H and O–H groups in total. The SMILES string of the molecule is Cc1ccccc1/C=C1\SC2CCCCC2N(CC(=O)NCc2ccc3c(c2)OCO3)C1=O. The van der Waals surface area contributed by atoms with Crippen molar-refractivity contribution in [2.75, 3.05) is 13.3 Å². The molecule has 172 valence electrons. The van der Waals surface area contributed by atoms with Gasteiger partial charge in [0.15, 0.2) is 11.5 Å². The first-order valence-corrected chi connectivity index (χ1v) is 12.4. The molecular weight excluding hydrogens is 436 g/mol. The molecule has 2 atom stereocenters. The third kappa shape index (κ3) is 4.74. The third-order valence-electron chi connectivity index (χ3n) is 6.53. The number of amides is 2. The highest BCUT2D eigenvalue weighted by molar-refractivity contribution is 8.04. The molecule has 6 nitrogen and oxygen atoms in total. The lowest BCUT2D eigenvalue weighted by Gasteiger charge is -2.43. The molecule has 0 radical (unpaired) electrons. The minimum absolute atomic E-state index is 0.0374. The van der Waals surface area contributed by atoms with Crippen molar-refractivity contribution in [3.63, 3.8) is 0 Å². The van der Waals surface area contributed by atoms with E-state index < -0.39 is 0 Å². The first-order chi connectivity index (χ1) is 16.1. The van der Waals surface area contributed by atoms with E-state index in [0.717, 1.165) is 46.6 Å². The van der Waals surface area contributed by atoms with Crippen molar-refractivity contribution >= 4 is 29.7 Å². The van der Waals surface area contributed by atoms with Crippen LogP contribution in [0.3, 0.4) is 0 Å². The molecule has 7 heteroatoms. The van der Waals surface area contributed by atoms with E-state index in [1.54, 1.807) is 16.7 Å². The van der Waals surface area contributed by atoms with Crippen LogP contribution >= 0.6 is 11.8 Å². The van der Waals surface area contributed by atoms with E-state index in [2.05, 4.69) is 18.3 Å². The highest BCUT2D eigenvalue weighted by atomic mass is 32.2. The zero-order valence-corrected chi connectivity index (χ0v) is 19.5. The molecule has 2 aromatic carbocycles. The van der Waals surface area contributed by atoms with Crippen LogP contribution in [0.1, 0.15) is 42.4 Å². The molecule has 1 saturated heterocycles. The Morgan fingerprint density at radius 3 is 2.85 bits per heavy atom. The van der Waals surface area contributed by atoms with Crippen LogP contribution in [0.25, 0.3) is 6.08 Å². The molecule has 2 fully saturated rings. The fourth-order valence-electron chi connectivity index (χ4n) is 4.71. The Kier molecular flexibility index (Phi) is 6.31. The van der Waals surface area contributed by atoms with Crippen molar-refractivity contribution in [3.05, 3.63) is 64.1 Å². The summed E-state index contributed by atoms with van der Waals surface area (Å²) in [7, 11) is 0. The van der Waals surface area contributed by atoms with Gasteiger partial charge in [-0.15, -0.1) is 11.8 Å². The van der Waals surface area contributed by atoms with E-state index in [9.17, 15) is 9.59 Å². The number of thioether (sulfide) groups is 1. The fourth-order valence-corrected chi connectivity index (χ4v) is 6.18. The lowest BCUT2D eigenvalue weighted by molar-refractivity contribution is -0.135. The Labute approximate surface area is 198 Å². The minimum atomic E-state index is -0.146. The number of ether oxygens (including phenoxy) is 2. The Morgan fingerprint density at radius 1 is 1.15 bits per heavy atom. The average molecular weight is 465 g/mol. The van der Waals surface area contributed by atoms with Crippen molar-refractivity contribution < 1.29 is 19.1 Å². The molecule has 0 bridgehead atoms. The molecule has 2 amide bonds. The van der Waals surface area contributed by atoms with Gasteiger partial charge in [-0.05, 0) is 54.7 Å². The van der Waals surface area contributed by atoms with E-state index in [-0.39, 0.29) is 31.2 Å². The first-order valence-electron chi connectivity index (χ1n) is 11.5. The van der Waals surface area contributed by atoms with E-state index in [0.29, 0.717) is 17.5 Å². The topological polar surface area (TPSA) is 67.9 Å². The molecule has 33 heavy (non-hydrogen) atoms. The third-order valence-corrected chi connectivity index (χ3v) is 7.93. The minimum Gasteiger partial charge on any atom is -0.454 e. The Hall–Kier alpha value is -2.93. The van der Waals surface area contributed by atoms with Gasteiger partial charge in [0.25, 0.3) is 5.91 Å². The summed E-state index contributed by atoms with van der Waals surface area (Å²) in [6.45, 7) is 2.73. The lowest BCUT2D eigenvalue weighted by Crippen LogP contribution is -2.54. The molecular formula is C26H28N2O4S. The predicted molar refractivity (Wildman–Crippen MR) is 129 cm³/mol. The van der Waals surface area contributed by atoms with Gasteiger partial charge >= 0.3 is 0 Å². The molecule has 1 saturated carbocycles. The number of benzene rings is 2. The largest absolute Gasteiger partial charge is 0.454 e. The first kappa shape index (κ1) is 21.9. The molecule has 2 aromatic rings. The van der Waals surface area contributed by atoms with Crippen molar-refractivity contribution in [1.29, 1.82) is 0 Å². The summed E-state index contributed by atoms with van der Waals surface area (Å²) in [6, 6.07) is 13.8. The molecule has 3 aliphatic rings. The summed E-state index contributed by atoms with van der Waals surface area (Å²) >= 11 is 1.69. The average Bonchev–Trinajstić information content (AvgIpc) is 3.30. The smallest absolute Gasteiger partial charge is 0.261 e. The Morgan fingerprint density at radius 2 is 1.97 bits per heavy atom. The van der Waals surface area contributed by atoms with Crippen LogP contribution < -0.4 is 14.8 Å². The summed E-state index contributed by atoms with van der Waals surface area (Å²) in [4.78, 5) is 28.9. The number of nitrogens with one attached hydrogen (secondary N) is 1. The lowest BCUT2D eigenvalue weighted by atomic mass is 9.93. The molecule has 0 aromatic heterocycles. The second kappa shape index (κ2) is 9.51. The maximum atomic E-state index is 13.5. The van der Waals surface area contributed by atoms with Crippen LogP contribution in [0.5, 0.6) is 11.5 Å². The van der Waals surface area contributed by atoms with Crippen molar-refractivity contribution in [3.8, 4) is 11.5 Å². The molecule has 2 heterocycles. The van der Waals surface area contributed by atoms with Gasteiger partial charge in [0.2, 0.25) is 12.7 Å². The van der Waals surface area contributed by atoms with Gasteiger partial charge in [-0.2, -0.15) is 0 Å². The van der Waals surface area contributed by atoms with Crippen molar-refractivity contribution in [2.45, 2.75) is 50.4 Å². The monoisotopic (exact) mass is 464 g/mol. The normalized spacial score (nSPS) is 22.9. The van der Waals surface area contributed by atoms with E-state index >= 15 is 0 Å². The Balaban J connectivity index is 1.30. The molecule has 1 aliphatic carbocycles. The molecule has 0 spiro atoms. The van der Waals surface area contributed by atoms with Gasteiger partial charge in [0.05, 0.1) is 4.91 Å². The number of rotatable bonds is 5. The standard InChI is InChI=1S/C26H28N2O4S/c1-17-6-2-3-7-19(17)13-24-26(30)28(20-8-4-5-9-23(20)33-24)15-25(29)27-14-18-10-11-21-22(12-18)32-16-31-21/h2-3,6-7,10-13,20,23H,4-5,8-9,14-16H2,1H3,(H,27,29)/b24-13-. The van der Waals surface area contributed by atoms with Crippen LogP contribution in [0.2, 0.25) is 0 Å². The molecule has 2 aliphatic heterocycles. The second-order valence-electron chi connectivity index (χ2n) is 8.77. The van der Waals surface area contributed by atoms with Crippen LogP contribution in [-0.2, 0) is 16.1 Å². The number of carbonyl (C=O) groups excluding carboxylic acids is 2. The number of fused-ring (bicyclic) bond motifs is 2. The maximum absolute atomic E-state index is 13.5. The van der Waals surface area contributed by atoms with Crippen LogP contribution in [0, 0.1) is 6.92 Å². The highest BCUT2D eigenvalue weighted by Crippen LogP contribution is 2.42. The van der Waals surface area contributed by atoms with Crippen molar-refractivity contribution in [2.24, 2.45) is 0 Å². The highest BCUT2D eigenvalue weighted by Gasteiger charge is 2.41. The Bertz CT molecular complexity index is 1100. The van der Waals surface area contributed by atoms with Gasteiger partial charge in [-0.1, -0.05) is 43.2 Å². The number of aryl methyl sites for hydroxylation is 1. The summed E-state index contributed by atoms with van der Waals surface area (Å²) < 4.78 is 10.8. The predicted octanol–water partition coefficient (Wildman–Crippen LogP) is 4.27. The van der Waals surface area contributed by atoms with E-state index in [1.165, 1.54) is 6.42 Å². The maximum Gasteiger partial charge on any atom is 0.261 e. The van der Waals surface area contributed by atoms with E-state index in [4.69, 9.17) is 9.47 Å². The van der Waals surface area contributed by atoms with Crippen molar-refractivity contribution in [1.82, 2.24) is 10.2 Å². The number of nitrogens with zero attached hydrogens (tertiary/aromatic N) is 1. The second-order valence-corrected chi connectivity index (χ2v) is 10.1. The summed E-state index contributed by atoms with van der Waals surface area (Å²) in [5.74, 6) is 1.23. The zero-order valence-electron chi connectivity index (χ0n) is 18.7. The number of carbonyl (C=O) groups is 2. The zero-order chi connectivity index (χ0) is 22.8. The van der Waals surface area contributed by atoms with Gasteiger partial charge < -0.3 is 19.7 Å². The number of hydrogen-bond acceptors (Lipinski definition) is 5. The summed E-state index contributed by atoms with van der Waals surface area (Å²) in [5.41, 5.74) is 3.12. The van der Waals surface area contributed by atoms with Gasteiger partial charge in [0, 0.05) is 17.8 Å². The molecule has 5 rings (SSSR count).